The summed E-state index contributed by atoms with van der Waals surface area (Å²) in [6, 6.07) is 7.14. The number of hydrogen-bond acceptors (Lipinski definition) is 2. The first-order valence-electron chi connectivity index (χ1n) is 8.08. The zero-order valence-corrected chi connectivity index (χ0v) is 13.3. The molecule has 0 saturated carbocycles. The van der Waals surface area contributed by atoms with E-state index in [0.717, 1.165) is 13.0 Å². The third-order valence-corrected chi connectivity index (χ3v) is 4.27. The number of nitrogens with zero attached hydrogens (tertiary/aromatic N) is 2. The summed E-state index contributed by atoms with van der Waals surface area (Å²) in [6.07, 6.45) is 6.85. The van der Waals surface area contributed by atoms with Crippen molar-refractivity contribution in [3.8, 4) is 5.69 Å². The molecule has 0 aliphatic heterocycles. The fourth-order valence-electron chi connectivity index (χ4n) is 3.38. The second-order valence-electron chi connectivity index (χ2n) is 6.20. The van der Waals surface area contributed by atoms with Crippen LogP contribution < -0.4 is 5.32 Å². The van der Waals surface area contributed by atoms with Crippen LogP contribution in [-0.4, -0.2) is 16.3 Å². The maximum atomic E-state index is 4.69. The Labute approximate surface area is 127 Å². The zero-order valence-electron chi connectivity index (χ0n) is 13.3. The number of nitrogens with one attached hydrogen (secondary N) is 1. The first-order chi connectivity index (χ1) is 10.2. The van der Waals surface area contributed by atoms with Crippen molar-refractivity contribution in [2.24, 2.45) is 0 Å². The highest BCUT2D eigenvalue weighted by Crippen LogP contribution is 2.31. The second-order valence-corrected chi connectivity index (χ2v) is 6.20. The van der Waals surface area contributed by atoms with Gasteiger partial charge in [0.2, 0.25) is 0 Å². The molecular weight excluding hydrogens is 258 g/mol. The minimum atomic E-state index is 0.480. The van der Waals surface area contributed by atoms with Crippen molar-refractivity contribution in [1.29, 1.82) is 0 Å². The Morgan fingerprint density at radius 1 is 1.24 bits per heavy atom. The van der Waals surface area contributed by atoms with Crippen molar-refractivity contribution in [3.05, 3.63) is 46.8 Å². The van der Waals surface area contributed by atoms with E-state index in [1.165, 1.54) is 47.3 Å². The molecule has 0 saturated heterocycles. The highest BCUT2D eigenvalue weighted by Gasteiger charge is 2.24. The van der Waals surface area contributed by atoms with Gasteiger partial charge in [0.25, 0.3) is 0 Å². The van der Waals surface area contributed by atoms with Crippen molar-refractivity contribution in [3.63, 3.8) is 0 Å². The molecule has 1 aromatic carbocycles. The highest BCUT2D eigenvalue weighted by molar-refractivity contribution is 5.42. The summed E-state index contributed by atoms with van der Waals surface area (Å²) in [5.74, 6) is 0. The van der Waals surface area contributed by atoms with Gasteiger partial charge in [-0.25, -0.2) is 4.68 Å². The molecule has 1 N–H and O–H groups in total. The Hall–Kier alpha value is -1.61. The fourth-order valence-corrected chi connectivity index (χ4v) is 3.38. The molecular formula is C18H25N3. The topological polar surface area (TPSA) is 29.9 Å². The SMILES string of the molecule is CCCNC1CCCc2c1cnn2-c1cc(C)cc(C)c1. The summed E-state index contributed by atoms with van der Waals surface area (Å²) in [6.45, 7) is 7.60. The molecule has 1 atom stereocenters. The van der Waals surface area contributed by atoms with E-state index in [2.05, 4.69) is 60.3 Å². The third kappa shape index (κ3) is 2.88. The quantitative estimate of drug-likeness (QED) is 0.923. The standard InChI is InChI=1S/C18H25N3/c1-4-8-19-17-6-5-7-18-16(17)12-20-21(18)15-10-13(2)9-14(3)11-15/h9-12,17,19H,4-8H2,1-3H3. The molecule has 3 nitrogen and oxygen atoms in total. The first-order valence-corrected chi connectivity index (χ1v) is 8.08. The molecule has 1 aliphatic carbocycles. The molecule has 112 valence electrons. The van der Waals surface area contributed by atoms with Crippen LogP contribution in [0, 0.1) is 13.8 Å². The van der Waals surface area contributed by atoms with Crippen LogP contribution in [0.25, 0.3) is 5.69 Å². The molecule has 1 unspecified atom stereocenters. The van der Waals surface area contributed by atoms with Crippen LogP contribution in [0.5, 0.6) is 0 Å². The molecule has 3 heteroatoms. The average molecular weight is 283 g/mol. The lowest BCUT2D eigenvalue weighted by Crippen LogP contribution is -2.25. The van der Waals surface area contributed by atoms with Gasteiger partial charge in [0.1, 0.15) is 0 Å². The van der Waals surface area contributed by atoms with Crippen LogP contribution in [0.1, 0.15) is 54.6 Å². The lowest BCUT2D eigenvalue weighted by Gasteiger charge is -2.24. The van der Waals surface area contributed by atoms with Gasteiger partial charge in [-0.15, -0.1) is 0 Å². The number of fused-ring (bicyclic) bond motifs is 1. The van der Waals surface area contributed by atoms with Crippen LogP contribution in [0.3, 0.4) is 0 Å². The van der Waals surface area contributed by atoms with E-state index in [9.17, 15) is 0 Å². The Morgan fingerprint density at radius 2 is 2.00 bits per heavy atom. The van der Waals surface area contributed by atoms with E-state index in [1.54, 1.807) is 0 Å². The summed E-state index contributed by atoms with van der Waals surface area (Å²) in [5.41, 5.74) is 6.58. The molecule has 2 aromatic rings. The smallest absolute Gasteiger partial charge is 0.0654 e. The van der Waals surface area contributed by atoms with E-state index >= 15 is 0 Å². The van der Waals surface area contributed by atoms with Crippen LogP contribution >= 0.6 is 0 Å². The molecule has 0 radical (unpaired) electrons. The summed E-state index contributed by atoms with van der Waals surface area (Å²) in [7, 11) is 0. The number of benzene rings is 1. The summed E-state index contributed by atoms with van der Waals surface area (Å²) in [4.78, 5) is 0. The third-order valence-electron chi connectivity index (χ3n) is 4.27. The summed E-state index contributed by atoms with van der Waals surface area (Å²) < 4.78 is 2.15. The Morgan fingerprint density at radius 3 is 2.71 bits per heavy atom. The number of rotatable bonds is 4. The zero-order chi connectivity index (χ0) is 14.8. The molecule has 1 aliphatic rings. The van der Waals surface area contributed by atoms with Crippen molar-refractivity contribution >= 4 is 0 Å². The largest absolute Gasteiger partial charge is 0.310 e. The maximum absolute atomic E-state index is 4.69. The predicted octanol–water partition coefficient (Wildman–Crippen LogP) is 3.87. The first kappa shape index (κ1) is 14.3. The molecule has 21 heavy (non-hydrogen) atoms. The van der Waals surface area contributed by atoms with Gasteiger partial charge in [-0.05, 0) is 69.3 Å². The predicted molar refractivity (Wildman–Crippen MR) is 87.0 cm³/mol. The summed E-state index contributed by atoms with van der Waals surface area (Å²) >= 11 is 0. The highest BCUT2D eigenvalue weighted by atomic mass is 15.3. The fraction of sp³-hybridized carbons (Fsp3) is 0.500. The molecule has 1 aromatic heterocycles. The Bertz CT molecular complexity index is 607. The van der Waals surface area contributed by atoms with Crippen molar-refractivity contribution in [2.75, 3.05) is 6.54 Å². The molecule has 0 amide bonds. The minimum absolute atomic E-state index is 0.480. The van der Waals surface area contributed by atoms with Gasteiger partial charge in [-0.2, -0.15) is 5.10 Å². The van der Waals surface area contributed by atoms with E-state index in [1.807, 2.05) is 0 Å². The van der Waals surface area contributed by atoms with Crippen molar-refractivity contribution in [2.45, 2.75) is 52.5 Å². The van der Waals surface area contributed by atoms with Crippen LogP contribution in [-0.2, 0) is 6.42 Å². The average Bonchev–Trinajstić information content (AvgIpc) is 2.88. The van der Waals surface area contributed by atoms with E-state index in [4.69, 9.17) is 0 Å². The van der Waals surface area contributed by atoms with Gasteiger partial charge in [0.15, 0.2) is 0 Å². The second kappa shape index (κ2) is 6.02. The van der Waals surface area contributed by atoms with E-state index in [0.29, 0.717) is 6.04 Å². The monoisotopic (exact) mass is 283 g/mol. The normalized spacial score (nSPS) is 17.8. The molecule has 0 spiro atoms. The van der Waals surface area contributed by atoms with E-state index < -0.39 is 0 Å². The molecule has 3 rings (SSSR count). The Balaban J connectivity index is 1.97. The molecule has 0 fully saturated rings. The maximum Gasteiger partial charge on any atom is 0.0654 e. The number of aromatic nitrogens is 2. The van der Waals surface area contributed by atoms with Crippen LogP contribution in [0.4, 0.5) is 0 Å². The minimum Gasteiger partial charge on any atom is -0.310 e. The Kier molecular flexibility index (Phi) is 4.11. The van der Waals surface area contributed by atoms with Gasteiger partial charge < -0.3 is 5.32 Å². The number of aryl methyl sites for hydroxylation is 2. The van der Waals surface area contributed by atoms with Crippen LogP contribution in [0.15, 0.2) is 24.4 Å². The molecule has 0 bridgehead atoms. The van der Waals surface area contributed by atoms with E-state index in [-0.39, 0.29) is 0 Å². The lowest BCUT2D eigenvalue weighted by molar-refractivity contribution is 0.456. The van der Waals surface area contributed by atoms with Gasteiger partial charge in [0.05, 0.1) is 11.9 Å². The van der Waals surface area contributed by atoms with Gasteiger partial charge in [0, 0.05) is 17.3 Å². The van der Waals surface area contributed by atoms with Gasteiger partial charge in [-0.1, -0.05) is 13.0 Å². The summed E-state index contributed by atoms with van der Waals surface area (Å²) in [5, 5.41) is 8.35. The lowest BCUT2D eigenvalue weighted by atomic mass is 9.93. The van der Waals surface area contributed by atoms with Crippen molar-refractivity contribution < 1.29 is 0 Å². The molecule has 1 heterocycles. The van der Waals surface area contributed by atoms with Crippen LogP contribution in [0.2, 0.25) is 0 Å². The van der Waals surface area contributed by atoms with Gasteiger partial charge >= 0.3 is 0 Å². The van der Waals surface area contributed by atoms with Gasteiger partial charge in [-0.3, -0.25) is 0 Å². The van der Waals surface area contributed by atoms with Crippen molar-refractivity contribution in [1.82, 2.24) is 15.1 Å². The number of hydrogen-bond donors (Lipinski definition) is 1.